The molecule has 0 amide bonds. The second kappa shape index (κ2) is 4.86. The van der Waals surface area contributed by atoms with Crippen LogP contribution in [0.2, 0.25) is 0 Å². The smallest absolute Gasteiger partial charge is 0.116 e. The van der Waals surface area contributed by atoms with Crippen LogP contribution < -0.4 is 0 Å². The molecule has 0 aliphatic carbocycles. The van der Waals surface area contributed by atoms with Crippen LogP contribution in [0.15, 0.2) is 60.8 Å². The number of para-hydroxylation sites is 2. The van der Waals surface area contributed by atoms with E-state index in [-0.39, 0.29) is 0 Å². The van der Waals surface area contributed by atoms with Crippen LogP contribution in [0.4, 0.5) is 0 Å². The first kappa shape index (κ1) is 12.4. The van der Waals surface area contributed by atoms with Crippen LogP contribution in [0.25, 0.3) is 27.5 Å². The van der Waals surface area contributed by atoms with Crippen molar-refractivity contribution in [2.24, 2.45) is 0 Å². The number of pyridine rings is 1. The molecule has 4 rings (SSSR count). The summed E-state index contributed by atoms with van der Waals surface area (Å²) in [6.45, 7) is 0. The molecule has 4 heteroatoms. The first-order valence-corrected chi connectivity index (χ1v) is 7.28. The van der Waals surface area contributed by atoms with Gasteiger partial charge in [-0.15, -0.1) is 11.6 Å². The van der Waals surface area contributed by atoms with E-state index < -0.39 is 0 Å². The molecule has 3 nitrogen and oxygen atoms in total. The maximum absolute atomic E-state index is 6.05. The van der Waals surface area contributed by atoms with Gasteiger partial charge in [-0.1, -0.05) is 36.4 Å². The fourth-order valence-electron chi connectivity index (χ4n) is 2.59. The number of halogens is 1. The summed E-state index contributed by atoms with van der Waals surface area (Å²) in [6, 6.07) is 18.1. The standard InChI is InChI=1S/C17H12ClN3/c18-10-16-17-14(13-8-4-5-9-15(13)19-16)11-21(20-17)12-6-2-1-3-7-12/h1-9,11H,10H2. The Hall–Kier alpha value is -2.39. The van der Waals surface area contributed by atoms with Crippen LogP contribution in [0.5, 0.6) is 0 Å². The van der Waals surface area contributed by atoms with Gasteiger partial charge in [-0.25, -0.2) is 9.67 Å². The average Bonchev–Trinajstić information content (AvgIpc) is 3.00. The minimum Gasteiger partial charge on any atom is -0.249 e. The topological polar surface area (TPSA) is 30.7 Å². The van der Waals surface area contributed by atoms with Crippen molar-refractivity contribution in [2.75, 3.05) is 0 Å². The van der Waals surface area contributed by atoms with Crippen molar-refractivity contribution in [1.29, 1.82) is 0 Å². The van der Waals surface area contributed by atoms with Crippen LogP contribution >= 0.6 is 11.6 Å². The van der Waals surface area contributed by atoms with E-state index in [0.717, 1.165) is 33.2 Å². The molecule has 0 aliphatic rings. The van der Waals surface area contributed by atoms with E-state index in [1.807, 2.05) is 59.4 Å². The van der Waals surface area contributed by atoms with Crippen molar-refractivity contribution < 1.29 is 0 Å². The van der Waals surface area contributed by atoms with Gasteiger partial charge in [0.15, 0.2) is 0 Å². The molecule has 2 aromatic carbocycles. The molecular formula is C17H12ClN3. The van der Waals surface area contributed by atoms with Crippen molar-refractivity contribution in [1.82, 2.24) is 14.8 Å². The lowest BCUT2D eigenvalue weighted by Crippen LogP contribution is -1.94. The van der Waals surface area contributed by atoms with E-state index in [1.54, 1.807) is 0 Å². The van der Waals surface area contributed by atoms with E-state index in [1.165, 1.54) is 0 Å². The van der Waals surface area contributed by atoms with Crippen LogP contribution in [-0.2, 0) is 5.88 Å². The zero-order valence-corrected chi connectivity index (χ0v) is 12.0. The molecule has 21 heavy (non-hydrogen) atoms. The predicted molar refractivity (Wildman–Crippen MR) is 85.9 cm³/mol. The Morgan fingerprint density at radius 3 is 2.48 bits per heavy atom. The Morgan fingerprint density at radius 2 is 1.67 bits per heavy atom. The second-order valence-corrected chi connectivity index (χ2v) is 5.15. The summed E-state index contributed by atoms with van der Waals surface area (Å²) in [5.41, 5.74) is 3.67. The number of nitrogens with zero attached hydrogens (tertiary/aromatic N) is 3. The molecule has 0 fully saturated rings. The zero-order chi connectivity index (χ0) is 14.2. The number of fused-ring (bicyclic) bond motifs is 3. The summed E-state index contributed by atoms with van der Waals surface area (Å²) in [6.07, 6.45) is 2.05. The lowest BCUT2D eigenvalue weighted by atomic mass is 10.1. The Balaban J connectivity index is 2.08. The molecule has 0 bridgehead atoms. The third-order valence-electron chi connectivity index (χ3n) is 3.58. The molecule has 0 radical (unpaired) electrons. The van der Waals surface area contributed by atoms with Gasteiger partial charge in [0.1, 0.15) is 5.52 Å². The van der Waals surface area contributed by atoms with Gasteiger partial charge in [-0.3, -0.25) is 0 Å². The molecule has 0 spiro atoms. The minimum absolute atomic E-state index is 0.354. The summed E-state index contributed by atoms with van der Waals surface area (Å²) in [5, 5.41) is 6.86. The van der Waals surface area contributed by atoms with Crippen molar-refractivity contribution in [2.45, 2.75) is 5.88 Å². The average molecular weight is 294 g/mol. The Bertz CT molecular complexity index is 929. The number of aromatic nitrogens is 3. The number of benzene rings is 2. The van der Waals surface area contributed by atoms with E-state index in [4.69, 9.17) is 11.6 Å². The van der Waals surface area contributed by atoms with Crippen molar-refractivity contribution >= 4 is 33.4 Å². The fourth-order valence-corrected chi connectivity index (χ4v) is 2.77. The molecule has 0 N–H and O–H groups in total. The van der Waals surface area contributed by atoms with Crippen molar-refractivity contribution in [3.8, 4) is 5.69 Å². The van der Waals surface area contributed by atoms with Gasteiger partial charge >= 0.3 is 0 Å². The lowest BCUT2D eigenvalue weighted by molar-refractivity contribution is 0.893. The molecule has 2 heterocycles. The van der Waals surface area contributed by atoms with Gasteiger partial charge in [0.05, 0.1) is 22.8 Å². The highest BCUT2D eigenvalue weighted by atomic mass is 35.5. The highest BCUT2D eigenvalue weighted by Crippen LogP contribution is 2.27. The van der Waals surface area contributed by atoms with Crippen LogP contribution in [0.3, 0.4) is 0 Å². The normalized spacial score (nSPS) is 11.3. The quantitative estimate of drug-likeness (QED) is 0.516. The van der Waals surface area contributed by atoms with Gasteiger partial charge in [0, 0.05) is 17.0 Å². The van der Waals surface area contributed by atoms with Gasteiger partial charge in [0.2, 0.25) is 0 Å². The molecule has 2 aromatic heterocycles. The third kappa shape index (κ3) is 1.98. The SMILES string of the molecule is ClCc1nc2ccccc2c2cn(-c3ccccc3)nc12. The Kier molecular flexibility index (Phi) is 2.86. The molecule has 102 valence electrons. The van der Waals surface area contributed by atoms with E-state index in [0.29, 0.717) is 5.88 Å². The first-order chi connectivity index (χ1) is 10.4. The lowest BCUT2D eigenvalue weighted by Gasteiger charge is -2.01. The molecule has 0 aliphatic heterocycles. The van der Waals surface area contributed by atoms with Crippen molar-refractivity contribution in [3.05, 3.63) is 66.5 Å². The Labute approximate surface area is 126 Å². The zero-order valence-electron chi connectivity index (χ0n) is 11.2. The van der Waals surface area contributed by atoms with Crippen molar-refractivity contribution in [3.63, 3.8) is 0 Å². The van der Waals surface area contributed by atoms with Gasteiger partial charge in [0.25, 0.3) is 0 Å². The molecular weight excluding hydrogens is 282 g/mol. The number of alkyl halides is 1. The van der Waals surface area contributed by atoms with Crippen LogP contribution in [0, 0.1) is 0 Å². The number of hydrogen-bond donors (Lipinski definition) is 0. The number of hydrogen-bond acceptors (Lipinski definition) is 2. The summed E-state index contributed by atoms with van der Waals surface area (Å²) in [4.78, 5) is 4.62. The van der Waals surface area contributed by atoms with Gasteiger partial charge < -0.3 is 0 Å². The molecule has 0 saturated heterocycles. The largest absolute Gasteiger partial charge is 0.249 e. The maximum atomic E-state index is 6.05. The minimum atomic E-state index is 0.354. The highest BCUT2D eigenvalue weighted by molar-refractivity contribution is 6.18. The summed E-state index contributed by atoms with van der Waals surface area (Å²) >= 11 is 6.05. The molecule has 0 saturated carbocycles. The molecule has 0 atom stereocenters. The highest BCUT2D eigenvalue weighted by Gasteiger charge is 2.12. The molecule has 0 unspecified atom stereocenters. The van der Waals surface area contributed by atoms with Gasteiger partial charge in [-0.2, -0.15) is 5.10 Å². The third-order valence-corrected chi connectivity index (χ3v) is 3.84. The summed E-state index contributed by atoms with van der Waals surface area (Å²) in [5.74, 6) is 0.354. The van der Waals surface area contributed by atoms with Crippen LogP contribution in [-0.4, -0.2) is 14.8 Å². The first-order valence-electron chi connectivity index (χ1n) is 6.75. The fraction of sp³-hybridized carbons (Fsp3) is 0.0588. The van der Waals surface area contributed by atoms with Gasteiger partial charge in [-0.05, 0) is 18.2 Å². The van der Waals surface area contributed by atoms with E-state index in [2.05, 4.69) is 16.1 Å². The monoisotopic (exact) mass is 293 g/mol. The predicted octanol–water partition coefficient (Wildman–Crippen LogP) is 4.31. The second-order valence-electron chi connectivity index (χ2n) is 4.88. The van der Waals surface area contributed by atoms with E-state index in [9.17, 15) is 0 Å². The van der Waals surface area contributed by atoms with E-state index >= 15 is 0 Å². The summed E-state index contributed by atoms with van der Waals surface area (Å²) in [7, 11) is 0. The number of rotatable bonds is 2. The maximum Gasteiger partial charge on any atom is 0.116 e. The van der Waals surface area contributed by atoms with Crippen LogP contribution in [0.1, 0.15) is 5.69 Å². The Morgan fingerprint density at radius 1 is 0.905 bits per heavy atom. The molecule has 4 aromatic rings. The summed E-state index contributed by atoms with van der Waals surface area (Å²) < 4.78 is 1.88.